The van der Waals surface area contributed by atoms with Crippen LogP contribution in [0.2, 0.25) is 0 Å². The Morgan fingerprint density at radius 2 is 1.93 bits per heavy atom. The van der Waals surface area contributed by atoms with Gasteiger partial charge in [0.15, 0.2) is 0 Å². The van der Waals surface area contributed by atoms with E-state index < -0.39 is 17.5 Å². The van der Waals surface area contributed by atoms with E-state index in [9.17, 15) is 13.6 Å². The number of pyridine rings is 3. The summed E-state index contributed by atoms with van der Waals surface area (Å²) in [5.74, 6) is -0.630. The lowest BCUT2D eigenvalue weighted by molar-refractivity contribution is -0.115. The monoisotopic (exact) mass is 372 g/mol. The Bertz CT molecular complexity index is 972. The van der Waals surface area contributed by atoms with Gasteiger partial charge >= 0.3 is 0 Å². The van der Waals surface area contributed by atoms with Gasteiger partial charge in [0.05, 0.1) is 24.5 Å². The number of carbonyl (C=O) groups is 1. The number of rotatable bonds is 6. The van der Waals surface area contributed by atoms with Gasteiger partial charge in [0.2, 0.25) is 5.91 Å². The maximum Gasteiger partial charge on any atom is 0.231 e. The molecular formula is C19H18F2N4O2. The van der Waals surface area contributed by atoms with Gasteiger partial charge in [-0.1, -0.05) is 6.92 Å². The molecule has 0 saturated carbocycles. The van der Waals surface area contributed by atoms with Crippen molar-refractivity contribution in [3.63, 3.8) is 0 Å². The van der Waals surface area contributed by atoms with Crippen molar-refractivity contribution in [1.29, 1.82) is 0 Å². The van der Waals surface area contributed by atoms with Crippen molar-refractivity contribution in [2.24, 2.45) is 0 Å². The maximum absolute atomic E-state index is 13.3. The van der Waals surface area contributed by atoms with E-state index in [1.165, 1.54) is 24.5 Å². The van der Waals surface area contributed by atoms with Crippen LogP contribution >= 0.6 is 0 Å². The van der Waals surface area contributed by atoms with Crippen molar-refractivity contribution in [2.75, 3.05) is 5.32 Å². The van der Waals surface area contributed by atoms with Gasteiger partial charge < -0.3 is 10.1 Å². The smallest absolute Gasteiger partial charge is 0.231 e. The standard InChI is InChI=1S/C19H16F2N4O2.H2/c1-2-14-7-16(27-17-5-13(21)10-22-11-17)8-15(24-14)9-19(26)25-18-6-12(20)3-4-23-18;/h3-8,10-11H,2,9H2,1H3,(H,23,25,26);1H. The molecule has 0 atom stereocenters. The molecule has 8 heteroatoms. The van der Waals surface area contributed by atoms with Gasteiger partial charge in [-0.25, -0.2) is 13.8 Å². The van der Waals surface area contributed by atoms with Crippen LogP contribution in [-0.2, 0) is 17.6 Å². The Kier molecular flexibility index (Phi) is 5.65. The SMILES string of the molecule is CCc1cc(Oc2cncc(F)c2)cc(CC(=O)Nc2cc(F)ccn2)n1.[HH]. The van der Waals surface area contributed by atoms with E-state index in [1.54, 1.807) is 12.1 Å². The van der Waals surface area contributed by atoms with Crippen LogP contribution in [-0.4, -0.2) is 20.9 Å². The van der Waals surface area contributed by atoms with Gasteiger partial charge in [0, 0.05) is 37.6 Å². The number of amides is 1. The molecule has 0 aliphatic rings. The first kappa shape index (κ1) is 18.4. The maximum atomic E-state index is 13.3. The van der Waals surface area contributed by atoms with Crippen molar-refractivity contribution < 1.29 is 19.7 Å². The van der Waals surface area contributed by atoms with E-state index in [2.05, 4.69) is 20.3 Å². The van der Waals surface area contributed by atoms with Gasteiger partial charge in [-0.05, 0) is 12.5 Å². The van der Waals surface area contributed by atoms with E-state index in [0.717, 1.165) is 12.3 Å². The molecule has 0 fully saturated rings. The fraction of sp³-hybridized carbons (Fsp3) is 0.158. The van der Waals surface area contributed by atoms with Crippen LogP contribution < -0.4 is 10.1 Å². The number of hydrogen-bond acceptors (Lipinski definition) is 5. The van der Waals surface area contributed by atoms with Crippen molar-refractivity contribution in [2.45, 2.75) is 19.8 Å². The minimum absolute atomic E-state index is 0. The highest BCUT2D eigenvalue weighted by Gasteiger charge is 2.10. The summed E-state index contributed by atoms with van der Waals surface area (Å²) in [6.45, 7) is 1.91. The molecule has 0 bridgehead atoms. The third-order valence-corrected chi connectivity index (χ3v) is 3.51. The second-order valence-electron chi connectivity index (χ2n) is 5.66. The molecule has 0 saturated heterocycles. The average Bonchev–Trinajstić information content (AvgIpc) is 2.61. The topological polar surface area (TPSA) is 77.0 Å². The highest BCUT2D eigenvalue weighted by atomic mass is 19.1. The molecular weight excluding hydrogens is 354 g/mol. The van der Waals surface area contributed by atoms with E-state index in [4.69, 9.17) is 4.74 Å². The molecule has 6 nitrogen and oxygen atoms in total. The molecule has 0 aliphatic heterocycles. The minimum Gasteiger partial charge on any atom is -0.456 e. The average molecular weight is 372 g/mol. The summed E-state index contributed by atoms with van der Waals surface area (Å²) in [5.41, 5.74) is 1.17. The molecule has 3 aromatic heterocycles. The lowest BCUT2D eigenvalue weighted by atomic mass is 10.2. The van der Waals surface area contributed by atoms with Crippen molar-refractivity contribution in [3.05, 3.63) is 71.9 Å². The zero-order valence-corrected chi connectivity index (χ0v) is 14.4. The highest BCUT2D eigenvalue weighted by Crippen LogP contribution is 2.23. The van der Waals surface area contributed by atoms with E-state index in [-0.39, 0.29) is 19.4 Å². The lowest BCUT2D eigenvalue weighted by Gasteiger charge is -2.10. The quantitative estimate of drug-likeness (QED) is 0.709. The molecule has 0 aromatic carbocycles. The summed E-state index contributed by atoms with van der Waals surface area (Å²) in [4.78, 5) is 24.2. The number of carbonyl (C=O) groups excluding carboxylic acids is 1. The van der Waals surface area contributed by atoms with Gasteiger partial charge in [-0.3, -0.25) is 14.8 Å². The molecule has 3 aromatic rings. The lowest BCUT2D eigenvalue weighted by Crippen LogP contribution is -2.16. The van der Waals surface area contributed by atoms with Crippen molar-refractivity contribution >= 4 is 11.7 Å². The van der Waals surface area contributed by atoms with Crippen LogP contribution in [0.25, 0.3) is 0 Å². The Balaban J connectivity index is 0.00000280. The molecule has 3 rings (SSSR count). The fourth-order valence-corrected chi connectivity index (χ4v) is 2.36. The van der Waals surface area contributed by atoms with Crippen LogP contribution in [0.4, 0.5) is 14.6 Å². The van der Waals surface area contributed by atoms with Crippen LogP contribution in [0.15, 0.2) is 48.9 Å². The molecule has 0 spiro atoms. The second kappa shape index (κ2) is 8.31. The number of aromatic nitrogens is 3. The van der Waals surface area contributed by atoms with E-state index >= 15 is 0 Å². The molecule has 1 N–H and O–H groups in total. The number of anilines is 1. The molecule has 3 heterocycles. The predicted molar refractivity (Wildman–Crippen MR) is 96.5 cm³/mol. The number of nitrogens with zero attached hydrogens (tertiary/aromatic N) is 3. The minimum atomic E-state index is -0.514. The molecule has 0 aliphatic carbocycles. The summed E-state index contributed by atoms with van der Waals surface area (Å²) in [5, 5.41) is 2.51. The fourth-order valence-electron chi connectivity index (χ4n) is 2.36. The highest BCUT2D eigenvalue weighted by molar-refractivity contribution is 5.91. The predicted octanol–water partition coefficient (Wildman–Crippen LogP) is 3.93. The van der Waals surface area contributed by atoms with Crippen LogP contribution in [0.3, 0.4) is 0 Å². The molecule has 27 heavy (non-hydrogen) atoms. The van der Waals surface area contributed by atoms with E-state index in [1.807, 2.05) is 6.92 Å². The first-order valence-corrected chi connectivity index (χ1v) is 8.21. The van der Waals surface area contributed by atoms with Gasteiger partial charge in [-0.2, -0.15) is 0 Å². The third kappa shape index (κ3) is 5.27. The summed E-state index contributed by atoms with van der Waals surface area (Å²) in [7, 11) is 0. The third-order valence-electron chi connectivity index (χ3n) is 3.51. The van der Waals surface area contributed by atoms with Crippen LogP contribution in [0.5, 0.6) is 11.5 Å². The summed E-state index contributed by atoms with van der Waals surface area (Å²) in [6.07, 6.45) is 4.30. The summed E-state index contributed by atoms with van der Waals surface area (Å²) >= 11 is 0. The first-order chi connectivity index (χ1) is 13.0. The zero-order chi connectivity index (χ0) is 19.2. The number of hydrogen-bond donors (Lipinski definition) is 1. The zero-order valence-electron chi connectivity index (χ0n) is 14.4. The Morgan fingerprint density at radius 1 is 1.11 bits per heavy atom. The van der Waals surface area contributed by atoms with Gasteiger partial charge in [0.1, 0.15) is 29.0 Å². The molecule has 140 valence electrons. The Labute approximate surface area is 155 Å². The van der Waals surface area contributed by atoms with Crippen molar-refractivity contribution in [3.8, 4) is 11.5 Å². The number of aryl methyl sites for hydroxylation is 1. The summed E-state index contributed by atoms with van der Waals surface area (Å²) in [6, 6.07) is 6.82. The van der Waals surface area contributed by atoms with Crippen molar-refractivity contribution in [1.82, 2.24) is 15.0 Å². The van der Waals surface area contributed by atoms with Gasteiger partial charge in [-0.15, -0.1) is 0 Å². The molecule has 1 amide bonds. The molecule has 0 radical (unpaired) electrons. The number of halogens is 2. The second-order valence-corrected chi connectivity index (χ2v) is 5.66. The summed E-state index contributed by atoms with van der Waals surface area (Å²) < 4.78 is 32.1. The number of ether oxygens (including phenoxy) is 1. The van der Waals surface area contributed by atoms with Crippen LogP contribution in [0.1, 0.15) is 19.7 Å². The van der Waals surface area contributed by atoms with E-state index in [0.29, 0.717) is 23.6 Å². The largest absolute Gasteiger partial charge is 0.456 e. The normalized spacial score (nSPS) is 10.5. The first-order valence-electron chi connectivity index (χ1n) is 8.21. The number of nitrogens with one attached hydrogen (secondary N) is 1. The molecule has 0 unspecified atom stereocenters. The van der Waals surface area contributed by atoms with Gasteiger partial charge in [0.25, 0.3) is 0 Å². The Hall–Kier alpha value is -3.42. The van der Waals surface area contributed by atoms with Crippen LogP contribution in [0, 0.1) is 11.6 Å². The Morgan fingerprint density at radius 3 is 2.67 bits per heavy atom.